The van der Waals surface area contributed by atoms with Crippen LogP contribution < -0.4 is 5.32 Å². The number of fused-ring (bicyclic) bond motifs is 2. The largest absolute Gasteiger partial charge is 0.334 e. The normalized spacial score (nSPS) is 13.8. The molecule has 5 heteroatoms. The number of carbonyl (C=O) groups excluding carboxylic acids is 1. The van der Waals surface area contributed by atoms with Crippen LogP contribution in [0.25, 0.3) is 10.8 Å². The van der Waals surface area contributed by atoms with E-state index in [1.54, 1.807) is 11.3 Å². The third-order valence-electron chi connectivity index (χ3n) is 4.43. The van der Waals surface area contributed by atoms with E-state index < -0.39 is 0 Å². The van der Waals surface area contributed by atoms with E-state index >= 15 is 0 Å². The molecule has 0 unspecified atom stereocenters. The van der Waals surface area contributed by atoms with Gasteiger partial charge in [-0.2, -0.15) is 0 Å². The molecule has 1 aliphatic heterocycles. The second-order valence-electron chi connectivity index (χ2n) is 5.97. The summed E-state index contributed by atoms with van der Waals surface area (Å²) in [6.07, 6.45) is 0.883. The number of urea groups is 1. The van der Waals surface area contributed by atoms with E-state index in [1.807, 2.05) is 29.2 Å². The number of nitrogens with zero attached hydrogens (tertiary/aromatic N) is 1. The van der Waals surface area contributed by atoms with Gasteiger partial charge in [-0.25, -0.2) is 4.79 Å². The van der Waals surface area contributed by atoms with Gasteiger partial charge in [0.2, 0.25) is 0 Å². The van der Waals surface area contributed by atoms with Gasteiger partial charge >= 0.3 is 6.03 Å². The Balaban J connectivity index is 1.45. The number of benzene rings is 2. The van der Waals surface area contributed by atoms with Crippen molar-refractivity contribution in [3.63, 3.8) is 0 Å². The highest BCUT2D eigenvalue weighted by Crippen LogP contribution is 2.31. The molecule has 1 aliphatic rings. The van der Waals surface area contributed by atoms with Crippen LogP contribution in [0.1, 0.15) is 16.0 Å². The highest BCUT2D eigenvalue weighted by Gasteiger charge is 2.22. The second-order valence-corrected chi connectivity index (χ2v) is 7.74. The zero-order valence-electron chi connectivity index (χ0n) is 13.1. The fourth-order valence-corrected chi connectivity index (χ4v) is 4.49. The Kier molecular flexibility index (Phi) is 4.17. The van der Waals surface area contributed by atoms with Crippen molar-refractivity contribution in [3.05, 3.63) is 68.9 Å². The quantitative estimate of drug-likeness (QED) is 0.701. The van der Waals surface area contributed by atoms with E-state index in [2.05, 4.69) is 29.6 Å². The summed E-state index contributed by atoms with van der Waals surface area (Å²) in [7, 11) is 0. The average Bonchev–Trinajstić information content (AvgIpc) is 2.98. The minimum atomic E-state index is -0.0177. The van der Waals surface area contributed by atoms with Crippen LogP contribution >= 0.6 is 22.9 Å². The number of hydrogen-bond acceptors (Lipinski definition) is 2. The summed E-state index contributed by atoms with van der Waals surface area (Å²) < 4.78 is 0.804. The first-order valence-electron chi connectivity index (χ1n) is 7.97. The van der Waals surface area contributed by atoms with Crippen molar-refractivity contribution >= 4 is 39.7 Å². The fraction of sp³-hybridized carbons (Fsp3) is 0.211. The molecule has 1 aromatic heterocycles. The Morgan fingerprint density at radius 1 is 1.21 bits per heavy atom. The predicted molar refractivity (Wildman–Crippen MR) is 99.6 cm³/mol. The van der Waals surface area contributed by atoms with E-state index in [0.717, 1.165) is 22.9 Å². The van der Waals surface area contributed by atoms with Crippen molar-refractivity contribution in [2.24, 2.45) is 0 Å². The van der Waals surface area contributed by atoms with Gasteiger partial charge < -0.3 is 10.2 Å². The van der Waals surface area contributed by atoms with Gasteiger partial charge in [0.15, 0.2) is 0 Å². The standard InChI is InChI=1S/C19H17ClN2OS/c20-18-10-15-12-22(9-8-17(15)24-18)19(23)21-11-14-6-3-5-13-4-1-2-7-16(13)14/h1-7,10H,8-9,11-12H2,(H,21,23). The lowest BCUT2D eigenvalue weighted by Gasteiger charge is -2.27. The third kappa shape index (κ3) is 2.99. The summed E-state index contributed by atoms with van der Waals surface area (Å²) in [6, 6.07) is 16.4. The third-order valence-corrected chi connectivity index (χ3v) is 5.80. The van der Waals surface area contributed by atoms with Crippen LogP contribution in [0.15, 0.2) is 48.5 Å². The van der Waals surface area contributed by atoms with Crippen LogP contribution in [0, 0.1) is 0 Å². The van der Waals surface area contributed by atoms with Crippen molar-refractivity contribution in [2.75, 3.05) is 6.54 Å². The molecule has 0 fully saturated rings. The van der Waals surface area contributed by atoms with Crippen LogP contribution in [-0.2, 0) is 19.5 Å². The summed E-state index contributed by atoms with van der Waals surface area (Å²) in [4.78, 5) is 15.7. The van der Waals surface area contributed by atoms with Crippen molar-refractivity contribution in [2.45, 2.75) is 19.5 Å². The average molecular weight is 357 g/mol. The summed E-state index contributed by atoms with van der Waals surface area (Å²) in [5.74, 6) is 0. The number of rotatable bonds is 2. The molecule has 0 aliphatic carbocycles. The van der Waals surface area contributed by atoms with Crippen LogP contribution in [-0.4, -0.2) is 17.5 Å². The van der Waals surface area contributed by atoms with Gasteiger partial charge in [0.1, 0.15) is 0 Å². The number of nitrogens with one attached hydrogen (secondary N) is 1. The van der Waals surface area contributed by atoms with Crippen molar-refractivity contribution in [1.29, 1.82) is 0 Å². The fourth-order valence-electron chi connectivity index (χ4n) is 3.20. The van der Waals surface area contributed by atoms with Gasteiger partial charge in [-0.15, -0.1) is 11.3 Å². The maximum Gasteiger partial charge on any atom is 0.317 e. The maximum absolute atomic E-state index is 12.5. The number of amides is 2. The molecule has 3 nitrogen and oxygen atoms in total. The van der Waals surface area contributed by atoms with E-state index in [4.69, 9.17) is 11.6 Å². The first kappa shape index (κ1) is 15.5. The molecule has 0 radical (unpaired) electrons. The van der Waals surface area contributed by atoms with Gasteiger partial charge in [0.25, 0.3) is 0 Å². The number of hydrogen-bond donors (Lipinski definition) is 1. The Hall–Kier alpha value is -2.04. The van der Waals surface area contributed by atoms with E-state index in [0.29, 0.717) is 13.1 Å². The molecule has 2 aromatic carbocycles. The maximum atomic E-state index is 12.5. The minimum Gasteiger partial charge on any atom is -0.334 e. The first-order valence-corrected chi connectivity index (χ1v) is 9.16. The predicted octanol–water partition coefficient (Wildman–Crippen LogP) is 4.82. The second kappa shape index (κ2) is 6.46. The Labute approximate surface area is 149 Å². The molecule has 2 heterocycles. The highest BCUT2D eigenvalue weighted by atomic mass is 35.5. The van der Waals surface area contributed by atoms with Crippen LogP contribution in [0.5, 0.6) is 0 Å². The molecule has 0 saturated carbocycles. The lowest BCUT2D eigenvalue weighted by Crippen LogP contribution is -2.42. The van der Waals surface area contributed by atoms with Crippen molar-refractivity contribution < 1.29 is 4.79 Å². The van der Waals surface area contributed by atoms with E-state index in [1.165, 1.54) is 21.2 Å². The number of carbonyl (C=O) groups is 1. The Morgan fingerprint density at radius 3 is 2.96 bits per heavy atom. The van der Waals surface area contributed by atoms with Crippen molar-refractivity contribution in [3.8, 4) is 0 Å². The van der Waals surface area contributed by atoms with Crippen LogP contribution in [0.2, 0.25) is 4.34 Å². The Bertz CT molecular complexity index is 900. The topological polar surface area (TPSA) is 32.3 Å². The molecule has 1 N–H and O–H groups in total. The summed E-state index contributed by atoms with van der Waals surface area (Å²) in [5, 5.41) is 5.44. The van der Waals surface area contributed by atoms with Gasteiger partial charge in [0.05, 0.1) is 4.34 Å². The Morgan fingerprint density at radius 2 is 2.04 bits per heavy atom. The zero-order valence-corrected chi connectivity index (χ0v) is 14.7. The molecule has 0 saturated heterocycles. The summed E-state index contributed by atoms with van der Waals surface area (Å²) in [6.45, 7) is 1.92. The van der Waals surface area contributed by atoms with Gasteiger partial charge in [0, 0.05) is 24.5 Å². The molecular weight excluding hydrogens is 340 g/mol. The molecule has 0 spiro atoms. The molecule has 122 valence electrons. The lowest BCUT2D eigenvalue weighted by molar-refractivity contribution is 0.192. The molecule has 2 amide bonds. The number of halogens is 1. The smallest absolute Gasteiger partial charge is 0.317 e. The summed E-state index contributed by atoms with van der Waals surface area (Å²) in [5.41, 5.74) is 2.31. The minimum absolute atomic E-state index is 0.0177. The first-order chi connectivity index (χ1) is 11.7. The number of thiophene rings is 1. The summed E-state index contributed by atoms with van der Waals surface area (Å²) >= 11 is 7.70. The van der Waals surface area contributed by atoms with Crippen LogP contribution in [0.4, 0.5) is 4.79 Å². The molecule has 0 bridgehead atoms. The molecule has 3 aromatic rings. The molecule has 4 rings (SSSR count). The monoisotopic (exact) mass is 356 g/mol. The molecule has 0 atom stereocenters. The highest BCUT2D eigenvalue weighted by molar-refractivity contribution is 7.16. The van der Waals surface area contributed by atoms with Crippen molar-refractivity contribution in [1.82, 2.24) is 10.2 Å². The van der Waals surface area contributed by atoms with E-state index in [-0.39, 0.29) is 6.03 Å². The van der Waals surface area contributed by atoms with E-state index in [9.17, 15) is 4.79 Å². The van der Waals surface area contributed by atoms with Gasteiger partial charge in [-0.05, 0) is 34.4 Å². The van der Waals surface area contributed by atoms with Crippen LogP contribution in [0.3, 0.4) is 0 Å². The van der Waals surface area contributed by atoms with Gasteiger partial charge in [-0.3, -0.25) is 0 Å². The molecule has 24 heavy (non-hydrogen) atoms. The SMILES string of the molecule is O=C(NCc1cccc2ccccc12)N1CCc2sc(Cl)cc2C1. The van der Waals surface area contributed by atoms with Gasteiger partial charge in [-0.1, -0.05) is 54.1 Å². The lowest BCUT2D eigenvalue weighted by atomic mass is 10.0. The molecular formula is C19H17ClN2OS. The zero-order chi connectivity index (χ0) is 16.5.